The fourth-order valence-corrected chi connectivity index (χ4v) is 3.28. The standard InChI is InChI=1S/C14H15BrN2O3S/c1-8-6-9(15)2-4-11(8)21-7-13(19)16-10-3-5-12(18)17-14(10)20/h2,4,6,10H,3,5,7H2,1H3,(H,16,19)(H,17,18,20). The lowest BCUT2D eigenvalue weighted by Gasteiger charge is -2.21. The third-order valence-corrected chi connectivity index (χ3v) is 4.74. The molecule has 5 nitrogen and oxygen atoms in total. The van der Waals surface area contributed by atoms with Gasteiger partial charge in [-0.1, -0.05) is 15.9 Å². The van der Waals surface area contributed by atoms with Gasteiger partial charge < -0.3 is 5.32 Å². The van der Waals surface area contributed by atoms with E-state index in [1.165, 1.54) is 11.8 Å². The van der Waals surface area contributed by atoms with Crippen molar-refractivity contribution in [2.24, 2.45) is 0 Å². The number of carbonyl (C=O) groups excluding carboxylic acids is 3. The van der Waals surface area contributed by atoms with Gasteiger partial charge in [0.1, 0.15) is 6.04 Å². The van der Waals surface area contributed by atoms with Gasteiger partial charge in [0, 0.05) is 15.8 Å². The minimum absolute atomic E-state index is 0.211. The topological polar surface area (TPSA) is 75.3 Å². The molecule has 0 aliphatic carbocycles. The molecule has 1 aromatic carbocycles. The van der Waals surface area contributed by atoms with E-state index in [-0.39, 0.29) is 24.0 Å². The van der Waals surface area contributed by atoms with Crippen molar-refractivity contribution in [2.75, 3.05) is 5.75 Å². The maximum absolute atomic E-state index is 11.9. The molecule has 1 aromatic rings. The number of carbonyl (C=O) groups is 3. The molecule has 1 unspecified atom stereocenters. The van der Waals surface area contributed by atoms with E-state index in [0.717, 1.165) is 14.9 Å². The molecular weight excluding hydrogens is 356 g/mol. The molecular formula is C14H15BrN2O3S. The van der Waals surface area contributed by atoms with E-state index < -0.39 is 11.9 Å². The van der Waals surface area contributed by atoms with Crippen LogP contribution in [-0.2, 0) is 14.4 Å². The third kappa shape index (κ3) is 4.57. The molecule has 1 aliphatic heterocycles. The zero-order chi connectivity index (χ0) is 15.4. The lowest BCUT2D eigenvalue weighted by molar-refractivity contribution is -0.136. The average Bonchev–Trinajstić information content (AvgIpc) is 2.41. The molecule has 1 fully saturated rings. The van der Waals surface area contributed by atoms with Crippen molar-refractivity contribution in [3.05, 3.63) is 28.2 Å². The number of benzene rings is 1. The predicted octanol–water partition coefficient (Wildman–Crippen LogP) is 1.77. The third-order valence-electron chi connectivity index (χ3n) is 3.07. The Balaban J connectivity index is 1.85. The van der Waals surface area contributed by atoms with Gasteiger partial charge in [-0.25, -0.2) is 0 Å². The van der Waals surface area contributed by atoms with Gasteiger partial charge in [0.05, 0.1) is 5.75 Å². The summed E-state index contributed by atoms with van der Waals surface area (Å²) in [6.07, 6.45) is 0.619. The van der Waals surface area contributed by atoms with Crippen molar-refractivity contribution in [3.8, 4) is 0 Å². The number of hydrogen-bond donors (Lipinski definition) is 2. The number of rotatable bonds is 4. The molecule has 3 amide bonds. The number of imide groups is 1. The maximum atomic E-state index is 11.9. The summed E-state index contributed by atoms with van der Waals surface area (Å²) < 4.78 is 0.998. The number of thioether (sulfide) groups is 1. The average molecular weight is 371 g/mol. The Bertz CT molecular complexity index is 592. The van der Waals surface area contributed by atoms with Crippen LogP contribution in [0.1, 0.15) is 18.4 Å². The van der Waals surface area contributed by atoms with Gasteiger partial charge in [-0.05, 0) is 37.1 Å². The minimum Gasteiger partial charge on any atom is -0.344 e. The van der Waals surface area contributed by atoms with Crippen LogP contribution in [0.15, 0.2) is 27.6 Å². The van der Waals surface area contributed by atoms with E-state index in [9.17, 15) is 14.4 Å². The summed E-state index contributed by atoms with van der Waals surface area (Å²) in [4.78, 5) is 35.5. The quantitative estimate of drug-likeness (QED) is 0.625. The molecule has 1 saturated heterocycles. The van der Waals surface area contributed by atoms with Crippen LogP contribution < -0.4 is 10.6 Å². The Morgan fingerprint density at radius 3 is 2.90 bits per heavy atom. The maximum Gasteiger partial charge on any atom is 0.249 e. The number of amides is 3. The number of halogens is 1. The van der Waals surface area contributed by atoms with Crippen molar-refractivity contribution in [3.63, 3.8) is 0 Å². The Kier molecular flexibility index (Phi) is 5.41. The van der Waals surface area contributed by atoms with Crippen molar-refractivity contribution >= 4 is 45.4 Å². The van der Waals surface area contributed by atoms with Gasteiger partial charge in [-0.15, -0.1) is 11.8 Å². The van der Waals surface area contributed by atoms with Crippen molar-refractivity contribution in [1.29, 1.82) is 0 Å². The summed E-state index contributed by atoms with van der Waals surface area (Å²) in [6.45, 7) is 1.98. The minimum atomic E-state index is -0.609. The second-order valence-corrected chi connectivity index (χ2v) is 6.70. The Morgan fingerprint density at radius 1 is 1.48 bits per heavy atom. The first kappa shape index (κ1) is 16.0. The van der Waals surface area contributed by atoms with Crippen LogP contribution in [0.2, 0.25) is 0 Å². The molecule has 0 aromatic heterocycles. The Hall–Kier alpha value is -1.34. The van der Waals surface area contributed by atoms with E-state index in [4.69, 9.17) is 0 Å². The SMILES string of the molecule is Cc1cc(Br)ccc1SCC(=O)NC1CCC(=O)NC1=O. The highest BCUT2D eigenvalue weighted by molar-refractivity contribution is 9.10. The highest BCUT2D eigenvalue weighted by Crippen LogP contribution is 2.25. The smallest absolute Gasteiger partial charge is 0.249 e. The zero-order valence-electron chi connectivity index (χ0n) is 11.4. The molecule has 7 heteroatoms. The largest absolute Gasteiger partial charge is 0.344 e. The summed E-state index contributed by atoms with van der Waals surface area (Å²) >= 11 is 4.82. The van der Waals surface area contributed by atoms with Gasteiger partial charge >= 0.3 is 0 Å². The first-order valence-corrected chi connectivity index (χ1v) is 8.25. The molecule has 0 saturated carbocycles. The number of piperidine rings is 1. The number of hydrogen-bond acceptors (Lipinski definition) is 4. The van der Waals surface area contributed by atoms with Gasteiger partial charge in [0.25, 0.3) is 0 Å². The molecule has 0 bridgehead atoms. The second kappa shape index (κ2) is 7.09. The molecule has 2 rings (SSSR count). The molecule has 21 heavy (non-hydrogen) atoms. The van der Waals surface area contributed by atoms with Crippen molar-refractivity contribution < 1.29 is 14.4 Å². The molecule has 1 heterocycles. The van der Waals surface area contributed by atoms with Gasteiger partial charge in [0.15, 0.2) is 0 Å². The van der Waals surface area contributed by atoms with E-state index in [0.29, 0.717) is 6.42 Å². The van der Waals surface area contributed by atoms with Crippen molar-refractivity contribution in [1.82, 2.24) is 10.6 Å². The molecule has 0 spiro atoms. The van der Waals surface area contributed by atoms with E-state index in [1.54, 1.807) is 0 Å². The highest BCUT2D eigenvalue weighted by Gasteiger charge is 2.27. The van der Waals surface area contributed by atoms with Crippen molar-refractivity contribution in [2.45, 2.75) is 30.7 Å². The van der Waals surface area contributed by atoms with Crippen LogP contribution >= 0.6 is 27.7 Å². The summed E-state index contributed by atoms with van der Waals surface area (Å²) in [7, 11) is 0. The molecule has 2 N–H and O–H groups in total. The normalized spacial score (nSPS) is 18.3. The Morgan fingerprint density at radius 2 is 2.24 bits per heavy atom. The lowest BCUT2D eigenvalue weighted by atomic mass is 10.1. The van der Waals surface area contributed by atoms with E-state index in [2.05, 4.69) is 26.6 Å². The van der Waals surface area contributed by atoms with Crippen LogP contribution in [0, 0.1) is 6.92 Å². The monoisotopic (exact) mass is 370 g/mol. The summed E-state index contributed by atoms with van der Waals surface area (Å²) in [5, 5.41) is 4.88. The summed E-state index contributed by atoms with van der Waals surface area (Å²) in [5.74, 6) is -0.688. The van der Waals surface area contributed by atoms with E-state index in [1.807, 2.05) is 25.1 Å². The van der Waals surface area contributed by atoms with Crippen LogP contribution in [0.5, 0.6) is 0 Å². The fraction of sp³-hybridized carbons (Fsp3) is 0.357. The van der Waals surface area contributed by atoms with E-state index >= 15 is 0 Å². The molecule has 112 valence electrons. The second-order valence-electron chi connectivity index (χ2n) is 4.77. The number of nitrogens with one attached hydrogen (secondary N) is 2. The Labute approximate surface area is 135 Å². The molecule has 0 radical (unpaired) electrons. The molecule has 1 atom stereocenters. The van der Waals surface area contributed by atoms with Crippen LogP contribution in [0.3, 0.4) is 0 Å². The van der Waals surface area contributed by atoms with Gasteiger partial charge in [-0.2, -0.15) is 0 Å². The summed E-state index contributed by atoms with van der Waals surface area (Å²) in [5.41, 5.74) is 1.09. The molecule has 1 aliphatic rings. The van der Waals surface area contributed by atoms with Gasteiger partial charge in [-0.3, -0.25) is 19.7 Å². The summed E-state index contributed by atoms with van der Waals surface area (Å²) in [6, 6.07) is 5.25. The fourth-order valence-electron chi connectivity index (χ4n) is 1.99. The first-order valence-electron chi connectivity index (χ1n) is 6.47. The lowest BCUT2D eigenvalue weighted by Crippen LogP contribution is -2.52. The van der Waals surface area contributed by atoms with Crippen LogP contribution in [0.4, 0.5) is 0 Å². The first-order chi connectivity index (χ1) is 9.95. The predicted molar refractivity (Wildman–Crippen MR) is 83.9 cm³/mol. The van der Waals surface area contributed by atoms with Gasteiger partial charge in [0.2, 0.25) is 17.7 Å². The van der Waals surface area contributed by atoms with Crippen LogP contribution in [0.25, 0.3) is 0 Å². The highest BCUT2D eigenvalue weighted by atomic mass is 79.9. The zero-order valence-corrected chi connectivity index (χ0v) is 13.8. The van der Waals surface area contributed by atoms with Crippen LogP contribution in [-0.4, -0.2) is 29.5 Å². The number of aryl methyl sites for hydroxylation is 1.